The smallest absolute Gasteiger partial charge is 0.161 e. The number of aromatic hydroxyl groups is 2. The van der Waals surface area contributed by atoms with E-state index in [4.69, 9.17) is 4.74 Å². The van der Waals surface area contributed by atoms with E-state index in [0.717, 1.165) is 38.2 Å². The Bertz CT molecular complexity index is 362. The highest BCUT2D eigenvalue weighted by Crippen LogP contribution is 2.27. The van der Waals surface area contributed by atoms with E-state index in [0.29, 0.717) is 12.5 Å². The predicted molar refractivity (Wildman–Crippen MR) is 65.0 cm³/mol. The van der Waals surface area contributed by atoms with Crippen molar-refractivity contribution in [3.05, 3.63) is 23.8 Å². The van der Waals surface area contributed by atoms with Gasteiger partial charge >= 0.3 is 0 Å². The second-order valence-electron chi connectivity index (χ2n) is 4.47. The lowest BCUT2D eigenvalue weighted by atomic mass is 10.0. The number of phenolic OH excluding ortho intramolecular Hbond substituents is 2. The van der Waals surface area contributed by atoms with Gasteiger partial charge in [-0.1, -0.05) is 12.1 Å². The molecular formula is C13H19NO3. The van der Waals surface area contributed by atoms with Crippen LogP contribution in [0.4, 0.5) is 0 Å². The molecule has 17 heavy (non-hydrogen) atoms. The quantitative estimate of drug-likeness (QED) is 0.696. The van der Waals surface area contributed by atoms with Crippen LogP contribution in [0.15, 0.2) is 18.2 Å². The molecule has 0 saturated carbocycles. The van der Waals surface area contributed by atoms with Gasteiger partial charge in [0.05, 0.1) is 0 Å². The monoisotopic (exact) mass is 237 g/mol. The molecule has 4 heteroatoms. The number of phenols is 2. The van der Waals surface area contributed by atoms with Crippen LogP contribution in [0.3, 0.4) is 0 Å². The average Bonchev–Trinajstić information content (AvgIpc) is 2.36. The molecule has 4 nitrogen and oxygen atoms in total. The van der Waals surface area contributed by atoms with Crippen LogP contribution in [0, 0.1) is 5.92 Å². The summed E-state index contributed by atoms with van der Waals surface area (Å²) in [6.45, 7) is 3.21. The summed E-state index contributed by atoms with van der Waals surface area (Å²) in [4.78, 5) is 0. The molecule has 1 aliphatic rings. The molecule has 0 aromatic heterocycles. The highest BCUT2D eigenvalue weighted by Gasteiger charge is 2.13. The summed E-state index contributed by atoms with van der Waals surface area (Å²) in [5.41, 5.74) is 0.733. The van der Waals surface area contributed by atoms with Crippen molar-refractivity contribution in [3.63, 3.8) is 0 Å². The van der Waals surface area contributed by atoms with Crippen molar-refractivity contribution in [2.24, 2.45) is 5.92 Å². The summed E-state index contributed by atoms with van der Waals surface area (Å²) >= 11 is 0. The molecule has 1 saturated heterocycles. The van der Waals surface area contributed by atoms with Crippen LogP contribution >= 0.6 is 0 Å². The lowest BCUT2D eigenvalue weighted by Crippen LogP contribution is -2.27. The Labute approximate surface area is 101 Å². The van der Waals surface area contributed by atoms with Gasteiger partial charge in [-0.15, -0.1) is 0 Å². The Morgan fingerprint density at radius 2 is 2.00 bits per heavy atom. The zero-order valence-corrected chi connectivity index (χ0v) is 9.85. The maximum atomic E-state index is 9.62. The van der Waals surface area contributed by atoms with E-state index >= 15 is 0 Å². The molecular weight excluding hydrogens is 218 g/mol. The zero-order valence-electron chi connectivity index (χ0n) is 9.85. The van der Waals surface area contributed by atoms with Crippen molar-refractivity contribution >= 4 is 0 Å². The van der Waals surface area contributed by atoms with Crippen LogP contribution in [-0.4, -0.2) is 30.0 Å². The van der Waals surface area contributed by atoms with E-state index in [9.17, 15) is 10.2 Å². The largest absolute Gasteiger partial charge is 0.504 e. The Hall–Kier alpha value is -1.26. The molecule has 0 atom stereocenters. The minimum absolute atomic E-state index is 0.0213. The Balaban J connectivity index is 1.79. The maximum absolute atomic E-state index is 9.62. The van der Waals surface area contributed by atoms with Gasteiger partial charge in [-0.05, 0) is 31.4 Å². The Kier molecular flexibility index (Phi) is 4.23. The van der Waals surface area contributed by atoms with Crippen LogP contribution in [0.1, 0.15) is 18.4 Å². The molecule has 0 aliphatic carbocycles. The van der Waals surface area contributed by atoms with Crippen LogP contribution < -0.4 is 5.32 Å². The van der Waals surface area contributed by atoms with Gasteiger partial charge in [0.15, 0.2) is 11.5 Å². The Morgan fingerprint density at radius 3 is 2.76 bits per heavy atom. The number of nitrogens with one attached hydrogen (secondary N) is 1. The highest BCUT2D eigenvalue weighted by atomic mass is 16.5. The third kappa shape index (κ3) is 3.35. The molecule has 1 heterocycles. The molecule has 0 bridgehead atoms. The first-order valence-electron chi connectivity index (χ1n) is 6.05. The molecule has 0 amide bonds. The van der Waals surface area contributed by atoms with E-state index in [1.807, 2.05) is 6.07 Å². The van der Waals surface area contributed by atoms with Gasteiger partial charge in [-0.2, -0.15) is 0 Å². The van der Waals surface area contributed by atoms with E-state index in [2.05, 4.69) is 5.32 Å². The van der Waals surface area contributed by atoms with Crippen molar-refractivity contribution in [2.75, 3.05) is 19.8 Å². The lowest BCUT2D eigenvalue weighted by molar-refractivity contribution is 0.0662. The SMILES string of the molecule is Oc1cccc(CNCC2CCOCC2)c1O. The Morgan fingerprint density at radius 1 is 1.24 bits per heavy atom. The van der Waals surface area contributed by atoms with E-state index in [1.165, 1.54) is 6.07 Å². The predicted octanol–water partition coefficient (Wildman–Crippen LogP) is 1.61. The molecule has 1 fully saturated rings. The van der Waals surface area contributed by atoms with Gasteiger partial charge < -0.3 is 20.3 Å². The van der Waals surface area contributed by atoms with Crippen LogP contribution in [-0.2, 0) is 11.3 Å². The first-order chi connectivity index (χ1) is 8.27. The molecule has 1 aromatic carbocycles. The number of rotatable bonds is 4. The second kappa shape index (κ2) is 5.89. The third-order valence-electron chi connectivity index (χ3n) is 3.19. The summed E-state index contributed by atoms with van der Waals surface area (Å²) in [5, 5.41) is 22.3. The van der Waals surface area contributed by atoms with Crippen LogP contribution in [0.25, 0.3) is 0 Å². The summed E-state index contributed by atoms with van der Waals surface area (Å²) in [7, 11) is 0. The molecule has 1 aromatic rings. The maximum Gasteiger partial charge on any atom is 0.161 e. The van der Waals surface area contributed by atoms with E-state index in [1.54, 1.807) is 6.07 Å². The molecule has 94 valence electrons. The van der Waals surface area contributed by atoms with Crippen molar-refractivity contribution < 1.29 is 14.9 Å². The fourth-order valence-corrected chi connectivity index (χ4v) is 2.08. The van der Waals surface area contributed by atoms with E-state index in [-0.39, 0.29) is 11.5 Å². The number of para-hydroxylation sites is 1. The van der Waals surface area contributed by atoms with Crippen molar-refractivity contribution in [2.45, 2.75) is 19.4 Å². The standard InChI is InChI=1S/C13H19NO3/c15-12-3-1-2-11(13(12)16)9-14-8-10-4-6-17-7-5-10/h1-3,10,14-16H,4-9H2. The molecule has 0 unspecified atom stereocenters. The summed E-state index contributed by atoms with van der Waals surface area (Å²) in [5.74, 6) is 0.575. The fraction of sp³-hybridized carbons (Fsp3) is 0.538. The number of hydrogen-bond donors (Lipinski definition) is 3. The molecule has 3 N–H and O–H groups in total. The number of hydrogen-bond acceptors (Lipinski definition) is 4. The van der Waals surface area contributed by atoms with Crippen molar-refractivity contribution in [3.8, 4) is 11.5 Å². The summed E-state index contributed by atoms with van der Waals surface area (Å²) in [6, 6.07) is 5.03. The van der Waals surface area contributed by atoms with Crippen LogP contribution in [0.2, 0.25) is 0 Å². The fourth-order valence-electron chi connectivity index (χ4n) is 2.08. The third-order valence-corrected chi connectivity index (χ3v) is 3.19. The zero-order chi connectivity index (χ0) is 12.1. The summed E-state index contributed by atoms with van der Waals surface area (Å²) in [6.07, 6.45) is 2.19. The van der Waals surface area contributed by atoms with Crippen molar-refractivity contribution in [1.82, 2.24) is 5.32 Å². The van der Waals surface area contributed by atoms with Gasteiger partial charge in [0.2, 0.25) is 0 Å². The molecule has 2 rings (SSSR count). The van der Waals surface area contributed by atoms with Crippen LogP contribution in [0.5, 0.6) is 11.5 Å². The minimum atomic E-state index is -0.0598. The topological polar surface area (TPSA) is 61.7 Å². The second-order valence-corrected chi connectivity index (χ2v) is 4.47. The van der Waals surface area contributed by atoms with Gasteiger partial charge in [-0.3, -0.25) is 0 Å². The number of benzene rings is 1. The van der Waals surface area contributed by atoms with Crippen molar-refractivity contribution in [1.29, 1.82) is 0 Å². The highest BCUT2D eigenvalue weighted by molar-refractivity contribution is 5.44. The molecule has 1 aliphatic heterocycles. The van der Waals surface area contributed by atoms with Gasteiger partial charge in [0, 0.05) is 25.3 Å². The molecule has 0 radical (unpaired) electrons. The lowest BCUT2D eigenvalue weighted by Gasteiger charge is -2.22. The number of ether oxygens (including phenoxy) is 1. The summed E-state index contributed by atoms with van der Waals surface area (Å²) < 4.78 is 5.30. The van der Waals surface area contributed by atoms with Gasteiger partial charge in [0.25, 0.3) is 0 Å². The van der Waals surface area contributed by atoms with Gasteiger partial charge in [-0.25, -0.2) is 0 Å². The van der Waals surface area contributed by atoms with Gasteiger partial charge in [0.1, 0.15) is 0 Å². The van der Waals surface area contributed by atoms with E-state index < -0.39 is 0 Å². The minimum Gasteiger partial charge on any atom is -0.504 e. The first-order valence-corrected chi connectivity index (χ1v) is 6.05. The average molecular weight is 237 g/mol. The molecule has 0 spiro atoms. The normalized spacial score (nSPS) is 17.2. The first kappa shape index (κ1) is 12.2.